The minimum absolute atomic E-state index is 0.0351. The number of urea groups is 1. The Kier molecular flexibility index (Phi) is 4.43. The van der Waals surface area contributed by atoms with Gasteiger partial charge in [0.05, 0.1) is 16.4 Å². The number of phenols is 1. The van der Waals surface area contributed by atoms with Crippen molar-refractivity contribution in [1.82, 2.24) is 5.32 Å². The first-order valence-corrected chi connectivity index (χ1v) is 8.08. The SMILES string of the molecule is COc1cc(/C=C2/NC(=O)N(c3ccccc3)C2=O)cc(I)c1O. The highest BCUT2D eigenvalue weighted by Gasteiger charge is 2.34. The number of anilines is 1. The number of hydrogen-bond acceptors (Lipinski definition) is 4. The molecule has 0 radical (unpaired) electrons. The van der Waals surface area contributed by atoms with Crippen LogP contribution in [0.3, 0.4) is 0 Å². The smallest absolute Gasteiger partial charge is 0.333 e. The van der Waals surface area contributed by atoms with Crippen molar-refractivity contribution in [2.45, 2.75) is 0 Å². The average molecular weight is 436 g/mol. The Balaban J connectivity index is 1.97. The van der Waals surface area contributed by atoms with Gasteiger partial charge in [0.15, 0.2) is 11.5 Å². The van der Waals surface area contributed by atoms with Crippen molar-refractivity contribution in [2.24, 2.45) is 0 Å². The molecule has 122 valence electrons. The summed E-state index contributed by atoms with van der Waals surface area (Å²) in [6.45, 7) is 0. The lowest BCUT2D eigenvalue weighted by Crippen LogP contribution is -2.30. The van der Waals surface area contributed by atoms with Crippen molar-refractivity contribution in [3.63, 3.8) is 0 Å². The van der Waals surface area contributed by atoms with Gasteiger partial charge in [0.2, 0.25) is 0 Å². The number of para-hydroxylation sites is 1. The van der Waals surface area contributed by atoms with E-state index < -0.39 is 11.9 Å². The summed E-state index contributed by atoms with van der Waals surface area (Å²) in [6, 6.07) is 11.5. The molecule has 1 aliphatic heterocycles. The molecular formula is C17H13IN2O4. The predicted octanol–water partition coefficient (Wildman–Crippen LogP) is 3.10. The lowest BCUT2D eigenvalue weighted by molar-refractivity contribution is -0.113. The molecule has 0 bridgehead atoms. The van der Waals surface area contributed by atoms with Gasteiger partial charge in [-0.25, -0.2) is 9.69 Å². The van der Waals surface area contributed by atoms with E-state index in [0.717, 1.165) is 4.90 Å². The molecule has 2 aromatic carbocycles. The van der Waals surface area contributed by atoms with Crippen LogP contribution in [0.4, 0.5) is 10.5 Å². The molecule has 0 atom stereocenters. The number of benzene rings is 2. The van der Waals surface area contributed by atoms with Crippen LogP contribution >= 0.6 is 22.6 Å². The minimum atomic E-state index is -0.502. The number of nitrogens with one attached hydrogen (secondary N) is 1. The van der Waals surface area contributed by atoms with E-state index in [9.17, 15) is 14.7 Å². The Hall–Kier alpha value is -2.55. The Bertz CT molecular complexity index is 849. The summed E-state index contributed by atoms with van der Waals surface area (Å²) in [6.07, 6.45) is 1.55. The number of imide groups is 1. The number of halogens is 1. The molecule has 0 spiro atoms. The Morgan fingerprint density at radius 3 is 2.58 bits per heavy atom. The largest absolute Gasteiger partial charge is 0.504 e. The van der Waals surface area contributed by atoms with Gasteiger partial charge < -0.3 is 15.2 Å². The van der Waals surface area contributed by atoms with Gasteiger partial charge in [-0.15, -0.1) is 0 Å². The number of methoxy groups -OCH3 is 1. The van der Waals surface area contributed by atoms with Crippen molar-refractivity contribution in [1.29, 1.82) is 0 Å². The number of carbonyl (C=O) groups is 2. The lowest BCUT2D eigenvalue weighted by atomic mass is 10.1. The summed E-state index contributed by atoms with van der Waals surface area (Å²) in [5, 5.41) is 12.4. The van der Waals surface area contributed by atoms with Crippen LogP contribution in [0.15, 0.2) is 48.2 Å². The van der Waals surface area contributed by atoms with Gasteiger partial charge in [-0.3, -0.25) is 4.79 Å². The third-order valence-electron chi connectivity index (χ3n) is 3.47. The molecule has 0 unspecified atom stereocenters. The molecule has 1 aliphatic rings. The normalized spacial score (nSPS) is 15.8. The first-order chi connectivity index (χ1) is 11.5. The fraction of sp³-hybridized carbons (Fsp3) is 0.0588. The molecule has 0 saturated carbocycles. The zero-order chi connectivity index (χ0) is 17.3. The fourth-order valence-electron chi connectivity index (χ4n) is 2.35. The van der Waals surface area contributed by atoms with Gasteiger partial charge in [-0.2, -0.15) is 0 Å². The summed E-state index contributed by atoms with van der Waals surface area (Å²) >= 11 is 1.97. The lowest BCUT2D eigenvalue weighted by Gasteiger charge is -2.11. The van der Waals surface area contributed by atoms with Crippen molar-refractivity contribution in [3.8, 4) is 11.5 Å². The van der Waals surface area contributed by atoms with Crippen molar-refractivity contribution in [3.05, 3.63) is 57.3 Å². The van der Waals surface area contributed by atoms with E-state index in [1.54, 1.807) is 42.5 Å². The quantitative estimate of drug-likeness (QED) is 0.441. The molecule has 1 saturated heterocycles. The van der Waals surface area contributed by atoms with Crippen LogP contribution in [-0.2, 0) is 4.79 Å². The second-order valence-corrected chi connectivity index (χ2v) is 6.18. The van der Waals surface area contributed by atoms with Gasteiger partial charge >= 0.3 is 6.03 Å². The highest BCUT2D eigenvalue weighted by atomic mass is 127. The van der Waals surface area contributed by atoms with Crippen molar-refractivity contribution in [2.75, 3.05) is 12.0 Å². The Morgan fingerprint density at radius 2 is 1.92 bits per heavy atom. The maximum Gasteiger partial charge on any atom is 0.333 e. The topological polar surface area (TPSA) is 78.9 Å². The van der Waals surface area contributed by atoms with E-state index in [2.05, 4.69) is 5.32 Å². The summed E-state index contributed by atoms with van der Waals surface area (Å²) < 4.78 is 5.68. The predicted molar refractivity (Wildman–Crippen MR) is 97.8 cm³/mol. The zero-order valence-corrected chi connectivity index (χ0v) is 14.8. The Morgan fingerprint density at radius 1 is 1.21 bits per heavy atom. The maximum atomic E-state index is 12.5. The number of hydrogen-bond donors (Lipinski definition) is 2. The van der Waals surface area contributed by atoms with E-state index in [4.69, 9.17) is 4.74 Å². The first kappa shape index (κ1) is 16.3. The number of phenolic OH excluding ortho intramolecular Hbond substituents is 1. The molecule has 0 aliphatic carbocycles. The molecule has 1 fully saturated rings. The number of aromatic hydroxyl groups is 1. The van der Waals surface area contributed by atoms with Gasteiger partial charge in [0, 0.05) is 0 Å². The van der Waals surface area contributed by atoms with Crippen LogP contribution in [0.5, 0.6) is 11.5 Å². The highest BCUT2D eigenvalue weighted by molar-refractivity contribution is 14.1. The second kappa shape index (κ2) is 6.52. The van der Waals surface area contributed by atoms with Crippen molar-refractivity contribution >= 4 is 46.3 Å². The first-order valence-electron chi connectivity index (χ1n) is 7.00. The van der Waals surface area contributed by atoms with Crippen LogP contribution in [0, 0.1) is 3.57 Å². The van der Waals surface area contributed by atoms with Gasteiger partial charge in [-0.1, -0.05) is 18.2 Å². The zero-order valence-electron chi connectivity index (χ0n) is 12.6. The van der Waals surface area contributed by atoms with Gasteiger partial charge in [0.25, 0.3) is 5.91 Å². The molecular weight excluding hydrogens is 423 g/mol. The molecule has 3 amide bonds. The number of carbonyl (C=O) groups excluding carboxylic acids is 2. The monoisotopic (exact) mass is 436 g/mol. The van der Waals surface area contributed by atoms with E-state index in [1.807, 2.05) is 28.7 Å². The summed E-state index contributed by atoms with van der Waals surface area (Å²) in [5.41, 5.74) is 1.29. The molecule has 0 aromatic heterocycles. The molecule has 6 nitrogen and oxygen atoms in total. The number of rotatable bonds is 3. The second-order valence-electron chi connectivity index (χ2n) is 5.02. The van der Waals surface area contributed by atoms with Gasteiger partial charge in [-0.05, 0) is 58.5 Å². The maximum absolute atomic E-state index is 12.5. The molecule has 3 rings (SSSR count). The van der Waals surface area contributed by atoms with Crippen LogP contribution in [-0.4, -0.2) is 24.2 Å². The highest BCUT2D eigenvalue weighted by Crippen LogP contribution is 2.33. The van der Waals surface area contributed by atoms with Crippen LogP contribution in [0.2, 0.25) is 0 Å². The van der Waals surface area contributed by atoms with Crippen LogP contribution in [0.25, 0.3) is 6.08 Å². The van der Waals surface area contributed by atoms with Crippen LogP contribution in [0.1, 0.15) is 5.56 Å². The van der Waals surface area contributed by atoms with Crippen molar-refractivity contribution < 1.29 is 19.4 Å². The number of nitrogens with zero attached hydrogens (tertiary/aromatic N) is 1. The summed E-state index contributed by atoms with van der Waals surface area (Å²) in [5.74, 6) is -0.105. The fourth-order valence-corrected chi connectivity index (χ4v) is 2.97. The van der Waals surface area contributed by atoms with E-state index in [-0.39, 0.29) is 11.4 Å². The number of amides is 3. The molecule has 2 N–H and O–H groups in total. The third-order valence-corrected chi connectivity index (χ3v) is 4.30. The molecule has 7 heteroatoms. The van der Waals surface area contributed by atoms with E-state index in [0.29, 0.717) is 20.6 Å². The summed E-state index contributed by atoms with van der Waals surface area (Å²) in [7, 11) is 1.45. The number of ether oxygens (including phenoxy) is 1. The van der Waals surface area contributed by atoms with E-state index >= 15 is 0 Å². The third kappa shape index (κ3) is 2.94. The molecule has 24 heavy (non-hydrogen) atoms. The Labute approximate surface area is 151 Å². The van der Waals surface area contributed by atoms with Crippen LogP contribution < -0.4 is 15.0 Å². The van der Waals surface area contributed by atoms with E-state index in [1.165, 1.54) is 7.11 Å². The van der Waals surface area contributed by atoms with Gasteiger partial charge in [0.1, 0.15) is 5.70 Å². The summed E-state index contributed by atoms with van der Waals surface area (Å²) in [4.78, 5) is 25.7. The molecule has 2 aromatic rings. The minimum Gasteiger partial charge on any atom is -0.504 e. The average Bonchev–Trinajstić information content (AvgIpc) is 2.85. The molecule has 1 heterocycles. The standard InChI is InChI=1S/C17H13IN2O4/c1-24-14-9-10(7-12(18)15(14)21)8-13-16(22)20(17(23)19-13)11-5-3-2-4-6-11/h2-9,21H,1H3,(H,19,23)/b13-8+.